The third-order valence-electron chi connectivity index (χ3n) is 9.35. The Balaban J connectivity index is 0.000000281. The number of fused-ring (bicyclic) bond motifs is 3. The van der Waals surface area contributed by atoms with Gasteiger partial charge in [0.1, 0.15) is 0 Å². The average Bonchev–Trinajstić information content (AvgIpc) is 3.72. The third kappa shape index (κ3) is 10.1. The Bertz CT molecular complexity index is 1570. The zero-order chi connectivity index (χ0) is 33.8. The first-order valence-electron chi connectivity index (χ1n) is 16.6. The summed E-state index contributed by atoms with van der Waals surface area (Å²) in [5.74, 6) is 0. The Morgan fingerprint density at radius 3 is 1.52 bits per heavy atom. The molecule has 0 aliphatic heterocycles. The van der Waals surface area contributed by atoms with Crippen LogP contribution in [0.3, 0.4) is 0 Å². The molecule has 0 aromatic heterocycles. The first-order chi connectivity index (χ1) is 21.5. The molecular formula is C45H52Cl2Zr-2. The minimum Gasteiger partial charge on any atom is -1.00 e. The molecule has 0 saturated carbocycles. The van der Waals surface area contributed by atoms with Gasteiger partial charge in [0.2, 0.25) is 0 Å². The summed E-state index contributed by atoms with van der Waals surface area (Å²) >= 11 is 1.51. The molecule has 4 aromatic carbocycles. The van der Waals surface area contributed by atoms with Crippen LogP contribution < -0.4 is 24.8 Å². The number of hydrogen-bond acceptors (Lipinski definition) is 0. The molecule has 0 nitrogen and oxygen atoms in total. The molecule has 2 aliphatic rings. The average molecular weight is 755 g/mol. The normalized spacial score (nSPS) is 13.1. The monoisotopic (exact) mass is 752 g/mol. The first-order valence-corrected chi connectivity index (χ1v) is 17.9. The second-order valence-electron chi connectivity index (χ2n) is 15.7. The Morgan fingerprint density at radius 1 is 0.604 bits per heavy atom. The van der Waals surface area contributed by atoms with Gasteiger partial charge >= 0.3 is 138 Å². The van der Waals surface area contributed by atoms with Gasteiger partial charge in [0.15, 0.2) is 0 Å². The van der Waals surface area contributed by atoms with Crippen molar-refractivity contribution in [1.82, 2.24) is 0 Å². The molecule has 2 aliphatic carbocycles. The molecule has 3 heteroatoms. The van der Waals surface area contributed by atoms with Crippen molar-refractivity contribution in [2.24, 2.45) is 0 Å². The van der Waals surface area contributed by atoms with Gasteiger partial charge in [0, 0.05) is 0 Å². The molecule has 0 radical (unpaired) electrons. The van der Waals surface area contributed by atoms with Gasteiger partial charge < -0.3 is 24.8 Å². The summed E-state index contributed by atoms with van der Waals surface area (Å²) in [4.78, 5) is 0. The zero-order valence-corrected chi connectivity index (χ0v) is 34.5. The summed E-state index contributed by atoms with van der Waals surface area (Å²) < 4.78 is 1.58. The molecule has 0 amide bonds. The number of hydrogen-bond donors (Lipinski definition) is 0. The fourth-order valence-electron chi connectivity index (χ4n) is 6.10. The maximum absolute atomic E-state index is 3.53. The Morgan fingerprint density at radius 2 is 1.10 bits per heavy atom. The van der Waals surface area contributed by atoms with Gasteiger partial charge in [0.05, 0.1) is 0 Å². The fourth-order valence-corrected chi connectivity index (χ4v) is 6.81. The molecule has 0 spiro atoms. The van der Waals surface area contributed by atoms with Crippen molar-refractivity contribution in [1.29, 1.82) is 0 Å². The molecular weight excluding hydrogens is 703 g/mol. The van der Waals surface area contributed by atoms with Crippen LogP contribution in [0.2, 0.25) is 0 Å². The van der Waals surface area contributed by atoms with E-state index in [1.807, 2.05) is 12.2 Å². The van der Waals surface area contributed by atoms with Crippen LogP contribution in [0, 0.1) is 12.1 Å². The van der Waals surface area contributed by atoms with Crippen molar-refractivity contribution >= 4 is 3.21 Å². The van der Waals surface area contributed by atoms with E-state index in [0.717, 1.165) is 12.8 Å². The summed E-state index contributed by atoms with van der Waals surface area (Å²) in [5.41, 5.74) is 11.8. The van der Waals surface area contributed by atoms with E-state index < -0.39 is 0 Å². The molecule has 48 heavy (non-hydrogen) atoms. The van der Waals surface area contributed by atoms with Gasteiger partial charge in [-0.2, -0.15) is 35.4 Å². The molecule has 4 aromatic rings. The Labute approximate surface area is 319 Å². The summed E-state index contributed by atoms with van der Waals surface area (Å²) in [6.07, 6.45) is 11.0. The van der Waals surface area contributed by atoms with Crippen LogP contribution in [0.4, 0.5) is 0 Å². The van der Waals surface area contributed by atoms with Crippen molar-refractivity contribution in [2.75, 3.05) is 0 Å². The van der Waals surface area contributed by atoms with E-state index in [1.165, 1.54) is 68.7 Å². The quantitative estimate of drug-likeness (QED) is 0.209. The first kappa shape index (κ1) is 41.9. The summed E-state index contributed by atoms with van der Waals surface area (Å²) in [5, 5.41) is 0. The van der Waals surface area contributed by atoms with Crippen LogP contribution >= 0.6 is 0 Å². The van der Waals surface area contributed by atoms with E-state index in [2.05, 4.69) is 178 Å². The number of benzene rings is 4. The molecule has 252 valence electrons. The summed E-state index contributed by atoms with van der Waals surface area (Å²) in [6.45, 7) is 23.0. The second kappa shape index (κ2) is 17.1. The standard InChI is InChI=1S/C21H25.C19H22.C5H5.2ClH.Zr/c1-20(2,3)16-9-7-14-11-15-8-10-17(21(4,5)6)13-19(15)18(14)12-16;1-18(2,16-11-7-5-8-12-16)15-19(3,4)17-13-9-6-10-14-17;1-2-4-5-3-1;;;/h7,9-10,12-13H,11H2,1-6H3;5-14H,1-4H3;1-3H,4H2;2*1H;/q-1;;-1;;;+2/p-2. The molecule has 0 heterocycles. The maximum Gasteiger partial charge on any atom is -0.109 e. The van der Waals surface area contributed by atoms with E-state index in [9.17, 15) is 0 Å². The summed E-state index contributed by atoms with van der Waals surface area (Å²) in [6, 6.07) is 36.7. The van der Waals surface area contributed by atoms with E-state index in [1.54, 1.807) is 3.21 Å². The van der Waals surface area contributed by atoms with Crippen LogP contribution in [-0.4, -0.2) is 3.21 Å². The predicted molar refractivity (Wildman–Crippen MR) is 196 cm³/mol. The van der Waals surface area contributed by atoms with Crippen LogP contribution in [0.25, 0.3) is 11.1 Å². The van der Waals surface area contributed by atoms with E-state index in [4.69, 9.17) is 0 Å². The maximum atomic E-state index is 3.53. The van der Waals surface area contributed by atoms with Gasteiger partial charge in [-0.15, -0.1) is 12.0 Å². The van der Waals surface area contributed by atoms with E-state index in [0.29, 0.717) is 0 Å². The van der Waals surface area contributed by atoms with Crippen molar-refractivity contribution in [3.05, 3.63) is 155 Å². The van der Waals surface area contributed by atoms with Crippen LogP contribution in [0.15, 0.2) is 109 Å². The molecule has 0 saturated heterocycles. The molecule has 0 N–H and O–H groups in total. The number of halogens is 2. The molecule has 0 fully saturated rings. The molecule has 0 atom stereocenters. The molecule has 0 unspecified atom stereocenters. The Hall–Kier alpha value is -2.31. The second-order valence-corrected chi connectivity index (χ2v) is 16.9. The van der Waals surface area contributed by atoms with Crippen molar-refractivity contribution < 1.29 is 49.0 Å². The predicted octanol–water partition coefficient (Wildman–Crippen LogP) is 5.63. The fraction of sp³-hybridized carbons (Fsp3) is 0.356. The van der Waals surface area contributed by atoms with E-state index >= 15 is 0 Å². The van der Waals surface area contributed by atoms with Gasteiger partial charge in [0.25, 0.3) is 0 Å². The van der Waals surface area contributed by atoms with Gasteiger partial charge in [-0.3, -0.25) is 6.08 Å². The largest absolute Gasteiger partial charge is 1.00 e. The number of rotatable bonds is 4. The third-order valence-corrected chi connectivity index (χ3v) is 12.4. The molecule has 6 rings (SSSR count). The van der Waals surface area contributed by atoms with Crippen LogP contribution in [0.1, 0.15) is 109 Å². The van der Waals surface area contributed by atoms with Crippen molar-refractivity contribution in [3.63, 3.8) is 0 Å². The zero-order valence-electron chi connectivity index (χ0n) is 30.6. The van der Waals surface area contributed by atoms with Crippen LogP contribution in [0.5, 0.6) is 0 Å². The van der Waals surface area contributed by atoms with Crippen molar-refractivity contribution in [3.8, 4) is 11.1 Å². The minimum atomic E-state index is 0. The van der Waals surface area contributed by atoms with Crippen LogP contribution in [-0.2, 0) is 52.3 Å². The van der Waals surface area contributed by atoms with Gasteiger partial charge in [-0.05, 0) is 17.4 Å². The van der Waals surface area contributed by atoms with Gasteiger partial charge in [-0.25, -0.2) is 12.2 Å². The minimum absolute atomic E-state index is 0. The van der Waals surface area contributed by atoms with Crippen molar-refractivity contribution in [2.45, 2.75) is 104 Å². The van der Waals surface area contributed by atoms with Gasteiger partial charge in [-0.1, -0.05) is 76.3 Å². The SMILES string of the molecule is CC(C)(C)c1c[c-]c2c(c1)-c1cc(C(C)(C)C)ccc1C2.CC(C)([C](=[Zr+2])C(C)(C)c1ccccc1)c1ccccc1.[C-]1=CC=CC1.[Cl-].[Cl-]. The summed E-state index contributed by atoms with van der Waals surface area (Å²) in [7, 11) is 0. The van der Waals surface area contributed by atoms with E-state index in [-0.39, 0.29) is 46.5 Å². The molecule has 0 bridgehead atoms. The topological polar surface area (TPSA) is 0 Å². The Kier molecular flexibility index (Phi) is 14.9. The smallest absolute Gasteiger partial charge is 0.109 e. The number of allylic oxidation sites excluding steroid dienone is 4.